The number of morpholine rings is 1. The van der Waals surface area contributed by atoms with Crippen molar-refractivity contribution < 1.29 is 28.2 Å². The summed E-state index contributed by atoms with van der Waals surface area (Å²) in [7, 11) is 0. The Morgan fingerprint density at radius 2 is 1.75 bits per heavy atom. The van der Waals surface area contributed by atoms with Crippen LogP contribution in [-0.4, -0.2) is 79.4 Å². The van der Waals surface area contributed by atoms with Gasteiger partial charge in [-0.2, -0.15) is 0 Å². The Morgan fingerprint density at radius 1 is 0.950 bits per heavy atom. The second-order valence-corrected chi connectivity index (χ2v) is 10.0. The fourth-order valence-corrected chi connectivity index (χ4v) is 4.75. The standard InChI is InChI=1S/C30H36N4O6/c1-23-5-8-25(9-6-23)31-30(36)33(12-3-11-32-13-16-37-17-14-32)21-29(35)34(20-26-4-2-15-38-26)19-24-7-10-27-28(18-24)40-22-39-27/h2,4-10,15,18H,3,11-14,16-17,19-22H2,1H3,(H,31,36). The van der Waals surface area contributed by atoms with Crippen molar-refractivity contribution in [3.8, 4) is 11.5 Å². The molecule has 5 rings (SSSR count). The number of benzene rings is 2. The number of hydrogen-bond donors (Lipinski definition) is 1. The predicted molar refractivity (Wildman–Crippen MR) is 149 cm³/mol. The Morgan fingerprint density at radius 3 is 2.52 bits per heavy atom. The lowest BCUT2D eigenvalue weighted by Gasteiger charge is -2.30. The minimum absolute atomic E-state index is 0.0634. The molecule has 10 heteroatoms. The van der Waals surface area contributed by atoms with Crippen molar-refractivity contribution in [3.05, 3.63) is 77.7 Å². The van der Waals surface area contributed by atoms with Crippen molar-refractivity contribution in [1.82, 2.24) is 14.7 Å². The number of fused-ring (bicyclic) bond motifs is 1. The second-order valence-electron chi connectivity index (χ2n) is 10.0. The summed E-state index contributed by atoms with van der Waals surface area (Å²) >= 11 is 0. The van der Waals surface area contributed by atoms with E-state index in [-0.39, 0.29) is 31.8 Å². The molecule has 0 aliphatic carbocycles. The van der Waals surface area contributed by atoms with Crippen molar-refractivity contribution in [2.24, 2.45) is 0 Å². The van der Waals surface area contributed by atoms with E-state index in [9.17, 15) is 9.59 Å². The van der Waals surface area contributed by atoms with Crippen LogP contribution < -0.4 is 14.8 Å². The SMILES string of the molecule is Cc1ccc(NC(=O)N(CCCN2CCOCC2)CC(=O)N(Cc2ccc3c(c2)OCO3)Cc2ccco2)cc1. The molecule has 2 aliphatic heterocycles. The molecule has 2 aromatic carbocycles. The number of carbonyl (C=O) groups excluding carboxylic acids is 2. The molecule has 0 radical (unpaired) electrons. The Balaban J connectivity index is 1.29. The number of nitrogens with one attached hydrogen (secondary N) is 1. The van der Waals surface area contributed by atoms with Crippen LogP contribution in [0.3, 0.4) is 0 Å². The molecule has 3 aromatic rings. The van der Waals surface area contributed by atoms with E-state index < -0.39 is 0 Å². The van der Waals surface area contributed by atoms with Gasteiger partial charge in [-0.1, -0.05) is 23.8 Å². The highest BCUT2D eigenvalue weighted by Crippen LogP contribution is 2.33. The Hall–Kier alpha value is -4.02. The number of carbonyl (C=O) groups is 2. The molecule has 0 spiro atoms. The molecule has 212 valence electrons. The third kappa shape index (κ3) is 7.55. The smallest absolute Gasteiger partial charge is 0.322 e. The van der Waals surface area contributed by atoms with Gasteiger partial charge in [0.15, 0.2) is 11.5 Å². The summed E-state index contributed by atoms with van der Waals surface area (Å²) in [4.78, 5) is 32.8. The van der Waals surface area contributed by atoms with E-state index in [1.165, 1.54) is 0 Å². The summed E-state index contributed by atoms with van der Waals surface area (Å²) in [5, 5.41) is 2.96. The Labute approximate surface area is 234 Å². The number of urea groups is 1. The minimum Gasteiger partial charge on any atom is -0.467 e. The van der Waals surface area contributed by atoms with E-state index in [2.05, 4.69) is 10.2 Å². The molecular weight excluding hydrogens is 512 g/mol. The minimum atomic E-state index is -0.305. The van der Waals surface area contributed by atoms with Crippen molar-refractivity contribution in [1.29, 1.82) is 0 Å². The van der Waals surface area contributed by atoms with Crippen LogP contribution in [-0.2, 0) is 22.6 Å². The highest BCUT2D eigenvalue weighted by atomic mass is 16.7. The van der Waals surface area contributed by atoms with Crippen molar-refractivity contribution in [3.63, 3.8) is 0 Å². The summed E-state index contributed by atoms with van der Waals surface area (Å²) in [5.74, 6) is 1.83. The molecule has 40 heavy (non-hydrogen) atoms. The maximum Gasteiger partial charge on any atom is 0.322 e. The lowest BCUT2D eigenvalue weighted by atomic mass is 10.2. The van der Waals surface area contributed by atoms with Gasteiger partial charge >= 0.3 is 6.03 Å². The van der Waals surface area contributed by atoms with Gasteiger partial charge in [-0.25, -0.2) is 4.79 Å². The maximum absolute atomic E-state index is 13.8. The zero-order valence-corrected chi connectivity index (χ0v) is 22.8. The van der Waals surface area contributed by atoms with Crippen LogP contribution in [0, 0.1) is 6.92 Å². The van der Waals surface area contributed by atoms with Crippen LogP contribution in [0.1, 0.15) is 23.3 Å². The number of anilines is 1. The first-order valence-electron chi connectivity index (χ1n) is 13.6. The molecule has 3 amide bonds. The zero-order chi connectivity index (χ0) is 27.7. The average molecular weight is 549 g/mol. The van der Waals surface area contributed by atoms with Gasteiger partial charge in [0.25, 0.3) is 0 Å². The van der Waals surface area contributed by atoms with Gasteiger partial charge in [0.05, 0.1) is 26.0 Å². The van der Waals surface area contributed by atoms with E-state index in [1.807, 2.05) is 55.5 Å². The molecule has 0 unspecified atom stereocenters. The normalized spacial score (nSPS) is 14.6. The van der Waals surface area contributed by atoms with E-state index >= 15 is 0 Å². The number of aryl methyl sites for hydroxylation is 1. The lowest BCUT2D eigenvalue weighted by molar-refractivity contribution is -0.133. The van der Waals surface area contributed by atoms with Crippen molar-refractivity contribution >= 4 is 17.6 Å². The van der Waals surface area contributed by atoms with Gasteiger partial charge in [0.2, 0.25) is 12.7 Å². The largest absolute Gasteiger partial charge is 0.467 e. The second kappa shape index (κ2) is 13.4. The highest BCUT2D eigenvalue weighted by molar-refractivity contribution is 5.92. The first-order valence-corrected chi connectivity index (χ1v) is 13.6. The summed E-state index contributed by atoms with van der Waals surface area (Å²) in [6.07, 6.45) is 2.33. The van der Waals surface area contributed by atoms with Crippen molar-refractivity contribution in [2.45, 2.75) is 26.4 Å². The van der Waals surface area contributed by atoms with Gasteiger partial charge in [0.1, 0.15) is 12.3 Å². The van der Waals surface area contributed by atoms with Gasteiger partial charge in [-0.15, -0.1) is 0 Å². The third-order valence-electron chi connectivity index (χ3n) is 7.01. The lowest BCUT2D eigenvalue weighted by Crippen LogP contribution is -2.45. The maximum atomic E-state index is 13.8. The van der Waals surface area contributed by atoms with Crippen LogP contribution in [0.2, 0.25) is 0 Å². The van der Waals surface area contributed by atoms with Crippen LogP contribution in [0.25, 0.3) is 0 Å². The molecule has 1 aromatic heterocycles. The van der Waals surface area contributed by atoms with Crippen LogP contribution in [0.15, 0.2) is 65.3 Å². The quantitative estimate of drug-likeness (QED) is 0.385. The van der Waals surface area contributed by atoms with Gasteiger partial charge in [0, 0.05) is 38.4 Å². The molecule has 1 saturated heterocycles. The summed E-state index contributed by atoms with van der Waals surface area (Å²) in [5.41, 5.74) is 2.69. The zero-order valence-electron chi connectivity index (χ0n) is 22.8. The first-order chi connectivity index (χ1) is 19.5. The molecule has 1 N–H and O–H groups in total. The molecule has 1 fully saturated rings. The Bertz CT molecular complexity index is 1260. The fraction of sp³-hybridized carbons (Fsp3) is 0.400. The van der Waals surface area contributed by atoms with Crippen molar-refractivity contribution in [2.75, 3.05) is 58.0 Å². The predicted octanol–water partition coefficient (Wildman–Crippen LogP) is 4.10. The number of amides is 3. The Kier molecular flexibility index (Phi) is 9.20. The van der Waals surface area contributed by atoms with Gasteiger partial charge in [-0.3, -0.25) is 9.69 Å². The summed E-state index contributed by atoms with van der Waals surface area (Å²) in [6.45, 7) is 7.19. The number of rotatable bonds is 11. The fourth-order valence-electron chi connectivity index (χ4n) is 4.75. The molecule has 0 atom stereocenters. The topological polar surface area (TPSA) is 96.7 Å². The number of hydrogen-bond acceptors (Lipinski definition) is 7. The first kappa shape index (κ1) is 27.5. The monoisotopic (exact) mass is 548 g/mol. The summed E-state index contributed by atoms with van der Waals surface area (Å²) < 4.78 is 21.9. The molecule has 3 heterocycles. The van der Waals surface area contributed by atoms with Crippen LogP contribution in [0.5, 0.6) is 11.5 Å². The van der Waals surface area contributed by atoms with Gasteiger partial charge < -0.3 is 33.7 Å². The third-order valence-corrected chi connectivity index (χ3v) is 7.01. The summed E-state index contributed by atoms with van der Waals surface area (Å²) in [6, 6.07) is 16.6. The highest BCUT2D eigenvalue weighted by Gasteiger charge is 2.24. The van der Waals surface area contributed by atoms with E-state index in [0.29, 0.717) is 36.0 Å². The molecular formula is C30H36N4O6. The molecule has 0 saturated carbocycles. The number of ether oxygens (including phenoxy) is 3. The average Bonchev–Trinajstić information content (AvgIpc) is 3.66. The molecule has 10 nitrogen and oxygen atoms in total. The number of furan rings is 1. The number of nitrogens with zero attached hydrogens (tertiary/aromatic N) is 3. The van der Waals surface area contributed by atoms with E-state index in [4.69, 9.17) is 18.6 Å². The van der Waals surface area contributed by atoms with E-state index in [0.717, 1.165) is 50.4 Å². The van der Waals surface area contributed by atoms with Crippen LogP contribution in [0.4, 0.5) is 10.5 Å². The van der Waals surface area contributed by atoms with Gasteiger partial charge in [-0.05, 0) is 55.3 Å². The van der Waals surface area contributed by atoms with E-state index in [1.54, 1.807) is 22.1 Å². The molecule has 0 bridgehead atoms. The molecule has 2 aliphatic rings. The van der Waals surface area contributed by atoms with Crippen LogP contribution >= 0.6 is 0 Å².